The van der Waals surface area contributed by atoms with Crippen LogP contribution in [-0.2, 0) is 4.79 Å². The third-order valence-electron chi connectivity index (χ3n) is 11.9. The first-order chi connectivity index (χ1) is 15.6. The van der Waals surface area contributed by atoms with Gasteiger partial charge in [-0.25, -0.2) is 0 Å². The van der Waals surface area contributed by atoms with Crippen molar-refractivity contribution in [3.8, 4) is 0 Å². The molecule has 0 amide bonds. The van der Waals surface area contributed by atoms with E-state index in [1.165, 1.54) is 0 Å². The summed E-state index contributed by atoms with van der Waals surface area (Å²) in [5, 5.41) is 31.2. The van der Waals surface area contributed by atoms with E-state index in [1.54, 1.807) is 11.1 Å². The Balaban J connectivity index is 1.65. The second-order valence-corrected chi connectivity index (χ2v) is 14.4. The fourth-order valence-electron chi connectivity index (χ4n) is 9.61. The highest BCUT2D eigenvalue weighted by molar-refractivity contribution is 5.70. The molecule has 2 saturated carbocycles. The van der Waals surface area contributed by atoms with Gasteiger partial charge in [-0.3, -0.25) is 4.79 Å². The van der Waals surface area contributed by atoms with E-state index < -0.39 is 11.6 Å². The molecule has 7 atom stereocenters. The van der Waals surface area contributed by atoms with Gasteiger partial charge in [0, 0.05) is 0 Å². The second-order valence-electron chi connectivity index (χ2n) is 14.4. The van der Waals surface area contributed by atoms with Crippen LogP contribution in [0.2, 0.25) is 0 Å². The Morgan fingerprint density at radius 1 is 1.00 bits per heavy atom. The molecule has 4 nitrogen and oxygen atoms in total. The molecule has 0 heterocycles. The minimum absolute atomic E-state index is 0.0104. The van der Waals surface area contributed by atoms with Crippen LogP contribution in [0.1, 0.15) is 119 Å². The van der Waals surface area contributed by atoms with Gasteiger partial charge in [-0.2, -0.15) is 0 Å². The second kappa shape index (κ2) is 8.33. The molecule has 0 aromatic carbocycles. The number of allylic oxidation sites excluding steroid dienone is 2. The number of hydrogen-bond donors (Lipinski definition) is 3. The quantitative estimate of drug-likeness (QED) is 0.373. The lowest BCUT2D eigenvalue weighted by molar-refractivity contribution is -0.147. The summed E-state index contributed by atoms with van der Waals surface area (Å²) in [4.78, 5) is 12.5. The minimum Gasteiger partial charge on any atom is -0.481 e. The van der Waals surface area contributed by atoms with Crippen molar-refractivity contribution >= 4 is 5.97 Å². The molecule has 0 bridgehead atoms. The number of aliphatic hydroxyl groups excluding tert-OH is 1. The van der Waals surface area contributed by atoms with E-state index in [0.717, 1.165) is 57.8 Å². The highest BCUT2D eigenvalue weighted by Crippen LogP contribution is 2.72. The fourth-order valence-corrected chi connectivity index (χ4v) is 9.61. The van der Waals surface area contributed by atoms with E-state index in [-0.39, 0.29) is 39.6 Å². The Kier molecular flexibility index (Phi) is 6.42. The maximum atomic E-state index is 12.5. The number of aliphatic carboxylic acids is 1. The van der Waals surface area contributed by atoms with Crippen LogP contribution in [-0.4, -0.2) is 33.0 Å². The van der Waals surface area contributed by atoms with Gasteiger partial charge in [-0.05, 0) is 118 Å². The summed E-state index contributed by atoms with van der Waals surface area (Å²) in [6, 6.07) is 0. The predicted octanol–water partition coefficient (Wildman–Crippen LogP) is 6.74. The van der Waals surface area contributed by atoms with Crippen molar-refractivity contribution in [1.82, 2.24) is 0 Å². The van der Waals surface area contributed by atoms with Gasteiger partial charge in [0.1, 0.15) is 0 Å². The smallest absolute Gasteiger partial charge is 0.306 e. The molecule has 4 rings (SSSR count). The van der Waals surface area contributed by atoms with Crippen LogP contribution < -0.4 is 0 Å². The normalized spacial score (nSPS) is 42.6. The summed E-state index contributed by atoms with van der Waals surface area (Å²) in [6.45, 7) is 15.5. The number of carboxylic acid groups (broad SMARTS) is 1. The third-order valence-corrected chi connectivity index (χ3v) is 11.9. The average Bonchev–Trinajstić information content (AvgIpc) is 2.99. The van der Waals surface area contributed by atoms with Gasteiger partial charge in [0.05, 0.1) is 17.6 Å². The maximum absolute atomic E-state index is 12.5. The molecular formula is C30H50O4. The Bertz CT molecular complexity index is 850. The molecule has 34 heavy (non-hydrogen) atoms. The van der Waals surface area contributed by atoms with Crippen molar-refractivity contribution in [3.05, 3.63) is 11.1 Å². The first-order valence-corrected chi connectivity index (χ1v) is 13.9. The summed E-state index contributed by atoms with van der Waals surface area (Å²) in [7, 11) is 0. The average molecular weight is 475 g/mol. The van der Waals surface area contributed by atoms with Gasteiger partial charge in [0.15, 0.2) is 0 Å². The fraction of sp³-hybridized carbons (Fsp3) is 0.900. The standard InChI is InChI=1S/C30H50O4/c1-26(2,34)15-8-9-19(25(32)33)20-12-17-30(7)22-10-11-23-27(3,4)24(31)14-16-28(23,5)21(22)13-18-29(20,30)6/h19-20,23-24,31,34H,8-18H2,1-7H3,(H,32,33). The van der Waals surface area contributed by atoms with E-state index >= 15 is 0 Å². The number of carboxylic acids is 1. The number of rotatable bonds is 6. The topological polar surface area (TPSA) is 77.8 Å². The molecule has 0 aromatic rings. The van der Waals surface area contributed by atoms with E-state index in [9.17, 15) is 20.1 Å². The van der Waals surface area contributed by atoms with Crippen molar-refractivity contribution in [2.45, 2.75) is 131 Å². The van der Waals surface area contributed by atoms with E-state index in [2.05, 4.69) is 34.6 Å². The summed E-state index contributed by atoms with van der Waals surface area (Å²) >= 11 is 0. The van der Waals surface area contributed by atoms with Crippen molar-refractivity contribution < 1.29 is 20.1 Å². The van der Waals surface area contributed by atoms with Crippen molar-refractivity contribution in [2.75, 3.05) is 0 Å². The molecule has 194 valence electrons. The molecule has 3 N–H and O–H groups in total. The Labute approximate surface area is 207 Å². The SMILES string of the molecule is CC(C)(O)CCCC(C(=O)O)C1CCC2(C)C3=C(CCC12C)C1(C)CCC(O)C(C)(C)C1CC3. The third kappa shape index (κ3) is 3.81. The van der Waals surface area contributed by atoms with Gasteiger partial charge in [-0.1, -0.05) is 45.8 Å². The molecule has 0 spiro atoms. The van der Waals surface area contributed by atoms with Crippen LogP contribution in [0.25, 0.3) is 0 Å². The van der Waals surface area contributed by atoms with Crippen molar-refractivity contribution in [3.63, 3.8) is 0 Å². The lowest BCUT2D eigenvalue weighted by Crippen LogP contribution is -2.55. The molecule has 4 aliphatic rings. The summed E-state index contributed by atoms with van der Waals surface area (Å²) in [5.74, 6) is -0.265. The van der Waals surface area contributed by atoms with Crippen LogP contribution in [0.15, 0.2) is 11.1 Å². The Morgan fingerprint density at radius 2 is 1.68 bits per heavy atom. The van der Waals surface area contributed by atoms with Gasteiger partial charge < -0.3 is 15.3 Å². The first-order valence-electron chi connectivity index (χ1n) is 13.9. The highest BCUT2D eigenvalue weighted by atomic mass is 16.4. The van der Waals surface area contributed by atoms with Crippen LogP contribution in [0, 0.1) is 39.4 Å². The van der Waals surface area contributed by atoms with E-state index in [1.807, 2.05) is 13.8 Å². The molecular weight excluding hydrogens is 424 g/mol. The zero-order valence-electron chi connectivity index (χ0n) is 22.8. The summed E-state index contributed by atoms with van der Waals surface area (Å²) in [5.41, 5.74) is 2.79. The van der Waals surface area contributed by atoms with Crippen molar-refractivity contribution in [1.29, 1.82) is 0 Å². The molecule has 7 unspecified atom stereocenters. The van der Waals surface area contributed by atoms with Crippen molar-refractivity contribution in [2.24, 2.45) is 39.4 Å². The van der Waals surface area contributed by atoms with E-state index in [0.29, 0.717) is 18.8 Å². The molecule has 0 aromatic heterocycles. The zero-order valence-corrected chi connectivity index (χ0v) is 22.8. The Hall–Kier alpha value is -0.870. The maximum Gasteiger partial charge on any atom is 0.306 e. The molecule has 4 heteroatoms. The summed E-state index contributed by atoms with van der Waals surface area (Å²) < 4.78 is 0. The molecule has 0 aliphatic heterocycles. The molecule has 0 saturated heterocycles. The largest absolute Gasteiger partial charge is 0.481 e. The zero-order chi connectivity index (χ0) is 25.3. The van der Waals surface area contributed by atoms with Gasteiger partial charge in [0.25, 0.3) is 0 Å². The van der Waals surface area contributed by atoms with Crippen LogP contribution in [0.4, 0.5) is 0 Å². The monoisotopic (exact) mass is 474 g/mol. The molecule has 2 fully saturated rings. The predicted molar refractivity (Wildman–Crippen MR) is 136 cm³/mol. The number of fused-ring (bicyclic) bond motifs is 4. The minimum atomic E-state index is -0.739. The molecule has 0 radical (unpaired) electrons. The van der Waals surface area contributed by atoms with Gasteiger partial charge in [-0.15, -0.1) is 0 Å². The number of aliphatic hydroxyl groups is 2. The van der Waals surface area contributed by atoms with Crippen LogP contribution in [0.5, 0.6) is 0 Å². The number of hydrogen-bond acceptors (Lipinski definition) is 3. The number of carbonyl (C=O) groups is 1. The highest BCUT2D eigenvalue weighted by Gasteiger charge is 2.64. The summed E-state index contributed by atoms with van der Waals surface area (Å²) in [6.07, 6.45) is 10.3. The Morgan fingerprint density at radius 3 is 2.29 bits per heavy atom. The molecule has 4 aliphatic carbocycles. The van der Waals surface area contributed by atoms with Gasteiger partial charge in [0.2, 0.25) is 0 Å². The van der Waals surface area contributed by atoms with Crippen LogP contribution >= 0.6 is 0 Å². The van der Waals surface area contributed by atoms with Crippen LogP contribution in [0.3, 0.4) is 0 Å². The lowest BCUT2D eigenvalue weighted by atomic mass is 9.43. The van der Waals surface area contributed by atoms with E-state index in [4.69, 9.17) is 0 Å². The lowest BCUT2D eigenvalue weighted by Gasteiger charge is -2.62. The van der Waals surface area contributed by atoms with Gasteiger partial charge >= 0.3 is 5.97 Å². The first kappa shape index (κ1) is 26.2.